The van der Waals surface area contributed by atoms with Crippen LogP contribution in [0.5, 0.6) is 0 Å². The van der Waals surface area contributed by atoms with Gasteiger partial charge in [-0.15, -0.1) is 11.8 Å². The number of hydrogen-bond donors (Lipinski definition) is 3. The highest BCUT2D eigenvalue weighted by Crippen LogP contribution is 2.69. The molecule has 3 aromatic rings. The Balaban J connectivity index is 1.44. The summed E-state index contributed by atoms with van der Waals surface area (Å²) in [7, 11) is 0. The number of fused-ring (bicyclic) bond motifs is 1. The first-order valence-corrected chi connectivity index (χ1v) is 15.0. The van der Waals surface area contributed by atoms with Gasteiger partial charge in [0.05, 0.1) is 29.2 Å². The molecule has 8 heteroatoms. The Morgan fingerprint density at radius 3 is 2.37 bits per heavy atom. The van der Waals surface area contributed by atoms with E-state index in [1.54, 1.807) is 16.7 Å². The van der Waals surface area contributed by atoms with Gasteiger partial charge in [0.25, 0.3) is 0 Å². The minimum Gasteiger partial charge on any atom is -0.394 e. The molecule has 7 atom stereocenters. The smallest absolute Gasteiger partial charge is 0.248 e. The van der Waals surface area contributed by atoms with E-state index in [0.717, 1.165) is 23.1 Å². The summed E-state index contributed by atoms with van der Waals surface area (Å²) in [5.41, 5.74) is 4.07. The van der Waals surface area contributed by atoms with Gasteiger partial charge in [0, 0.05) is 16.6 Å². The van der Waals surface area contributed by atoms with E-state index in [2.05, 4.69) is 17.6 Å². The number of likely N-dealkylation sites (tertiary alicyclic amines) is 1. The van der Waals surface area contributed by atoms with Gasteiger partial charge in [-0.1, -0.05) is 67.6 Å². The number of rotatable bonds is 7. The second-order valence-electron chi connectivity index (χ2n) is 11.6. The number of aryl methyl sites for hydroxylation is 2. The zero-order chi connectivity index (χ0) is 28.9. The Morgan fingerprint density at radius 2 is 1.68 bits per heavy atom. The van der Waals surface area contributed by atoms with E-state index in [1.165, 1.54) is 0 Å². The lowest BCUT2D eigenvalue weighted by Crippen LogP contribution is -2.55. The third kappa shape index (κ3) is 4.44. The average Bonchev–Trinajstić information content (AvgIpc) is 3.56. The second kappa shape index (κ2) is 10.7. The standard InChI is InChI=1S/C33H35N3O4S/c1-19-14-15-20(2)24(16-19)35-31(39)29-33-21(3)17-26(41-33)27(30(38)34-23-12-8-5-9-13-23)28(33)32(40)36(29)25(18-37)22-10-6-4-7-11-22/h4-16,21,25-29,37H,17-18H2,1-3H3,(H,34,38)(H,35,39)/t21?,25-,26-,27+,28+,29?,33?/m1/s1. The number of aliphatic hydroxyl groups is 1. The van der Waals surface area contributed by atoms with Crippen LogP contribution in [0.15, 0.2) is 78.9 Å². The van der Waals surface area contributed by atoms with Crippen molar-refractivity contribution in [1.29, 1.82) is 0 Å². The molecule has 3 saturated heterocycles. The number of hydrogen-bond acceptors (Lipinski definition) is 5. The summed E-state index contributed by atoms with van der Waals surface area (Å²) in [6.07, 6.45) is 0.734. The molecular formula is C33H35N3O4S. The Hall–Kier alpha value is -3.62. The van der Waals surface area contributed by atoms with E-state index in [0.29, 0.717) is 11.4 Å². The topological polar surface area (TPSA) is 98.7 Å². The number of anilines is 2. The summed E-state index contributed by atoms with van der Waals surface area (Å²) in [5.74, 6) is -1.98. The van der Waals surface area contributed by atoms with Crippen molar-refractivity contribution in [1.82, 2.24) is 4.90 Å². The third-order valence-corrected chi connectivity index (χ3v) is 11.2. The van der Waals surface area contributed by atoms with Gasteiger partial charge in [-0.3, -0.25) is 14.4 Å². The fourth-order valence-electron chi connectivity index (χ4n) is 7.24. The van der Waals surface area contributed by atoms with E-state index in [4.69, 9.17) is 0 Å². The minimum atomic E-state index is -0.864. The normalized spacial score (nSPS) is 28.8. The van der Waals surface area contributed by atoms with Gasteiger partial charge in [0.2, 0.25) is 17.7 Å². The fourth-order valence-corrected chi connectivity index (χ4v) is 9.65. The average molecular weight is 570 g/mol. The summed E-state index contributed by atoms with van der Waals surface area (Å²) < 4.78 is -0.801. The third-order valence-electron chi connectivity index (χ3n) is 9.12. The molecule has 0 radical (unpaired) electrons. The fraction of sp³-hybridized carbons (Fsp3) is 0.364. The predicted molar refractivity (Wildman–Crippen MR) is 161 cm³/mol. The van der Waals surface area contributed by atoms with Crippen LogP contribution in [0.1, 0.15) is 36.1 Å². The first-order chi connectivity index (χ1) is 19.8. The number of thioether (sulfide) groups is 1. The highest BCUT2D eigenvalue weighted by molar-refractivity contribution is 8.02. The lowest BCUT2D eigenvalue weighted by Gasteiger charge is -2.40. The van der Waals surface area contributed by atoms with E-state index in [1.807, 2.05) is 92.7 Å². The number of nitrogens with one attached hydrogen (secondary N) is 2. The van der Waals surface area contributed by atoms with Gasteiger partial charge in [-0.25, -0.2) is 0 Å². The van der Waals surface area contributed by atoms with Gasteiger partial charge < -0.3 is 20.6 Å². The first kappa shape index (κ1) is 27.5. The number of para-hydroxylation sites is 1. The quantitative estimate of drug-likeness (QED) is 0.374. The van der Waals surface area contributed by atoms with Gasteiger partial charge in [0.1, 0.15) is 6.04 Å². The van der Waals surface area contributed by atoms with Crippen LogP contribution < -0.4 is 10.6 Å². The molecule has 2 bridgehead atoms. The number of carbonyl (C=O) groups is 3. The molecule has 0 saturated carbocycles. The molecule has 6 rings (SSSR count). The Labute approximate surface area is 244 Å². The summed E-state index contributed by atoms with van der Waals surface area (Å²) in [6.45, 7) is 5.67. The van der Waals surface area contributed by atoms with Crippen LogP contribution in [-0.2, 0) is 14.4 Å². The predicted octanol–water partition coefficient (Wildman–Crippen LogP) is 4.95. The van der Waals surface area contributed by atoms with Crippen LogP contribution in [0.2, 0.25) is 0 Å². The van der Waals surface area contributed by atoms with Crippen LogP contribution in [0.3, 0.4) is 0 Å². The monoisotopic (exact) mass is 569 g/mol. The van der Waals surface area contributed by atoms with Crippen LogP contribution in [0.25, 0.3) is 0 Å². The number of amides is 3. The van der Waals surface area contributed by atoms with E-state index < -0.39 is 28.7 Å². The van der Waals surface area contributed by atoms with Gasteiger partial charge in [-0.2, -0.15) is 0 Å². The maximum Gasteiger partial charge on any atom is 0.248 e. The number of carbonyl (C=O) groups excluding carboxylic acids is 3. The zero-order valence-corrected chi connectivity index (χ0v) is 24.2. The maximum absolute atomic E-state index is 14.6. The molecule has 3 amide bonds. The van der Waals surface area contributed by atoms with Gasteiger partial charge >= 0.3 is 0 Å². The molecule has 3 heterocycles. The van der Waals surface area contributed by atoms with E-state index >= 15 is 0 Å². The molecule has 3 aliphatic heterocycles. The molecule has 3 N–H and O–H groups in total. The summed E-state index contributed by atoms with van der Waals surface area (Å²) in [4.78, 5) is 44.4. The molecule has 3 aliphatic rings. The van der Waals surface area contributed by atoms with Crippen molar-refractivity contribution >= 4 is 40.9 Å². The zero-order valence-electron chi connectivity index (χ0n) is 23.4. The number of benzene rings is 3. The lowest BCUT2D eigenvalue weighted by molar-refractivity contribution is -0.141. The molecule has 0 aromatic heterocycles. The maximum atomic E-state index is 14.6. The van der Waals surface area contributed by atoms with Crippen LogP contribution >= 0.6 is 11.8 Å². The van der Waals surface area contributed by atoms with Crippen LogP contribution in [0, 0.1) is 31.6 Å². The molecule has 7 nitrogen and oxygen atoms in total. The second-order valence-corrected chi connectivity index (χ2v) is 13.1. The van der Waals surface area contributed by atoms with Crippen molar-refractivity contribution in [3.63, 3.8) is 0 Å². The molecule has 0 aliphatic carbocycles. The van der Waals surface area contributed by atoms with Crippen molar-refractivity contribution in [3.8, 4) is 0 Å². The summed E-state index contributed by atoms with van der Waals surface area (Å²) in [5, 5.41) is 16.8. The summed E-state index contributed by atoms with van der Waals surface area (Å²) >= 11 is 1.62. The summed E-state index contributed by atoms with van der Waals surface area (Å²) in [6, 6.07) is 22.9. The Bertz CT molecular complexity index is 1480. The highest BCUT2D eigenvalue weighted by atomic mass is 32.2. The molecular weight excluding hydrogens is 534 g/mol. The Kier molecular flexibility index (Phi) is 7.16. The largest absolute Gasteiger partial charge is 0.394 e. The van der Waals surface area contributed by atoms with Crippen LogP contribution in [0.4, 0.5) is 11.4 Å². The molecule has 212 valence electrons. The highest BCUT2D eigenvalue weighted by Gasteiger charge is 2.76. The minimum absolute atomic E-state index is 0.0155. The van der Waals surface area contributed by atoms with Gasteiger partial charge in [0.15, 0.2) is 0 Å². The number of nitrogens with zero attached hydrogens (tertiary/aromatic N) is 1. The molecule has 41 heavy (non-hydrogen) atoms. The molecule has 3 fully saturated rings. The molecule has 3 aromatic carbocycles. The van der Waals surface area contributed by atoms with Crippen molar-refractivity contribution in [2.45, 2.75) is 49.3 Å². The Morgan fingerprint density at radius 1 is 1.00 bits per heavy atom. The molecule has 3 unspecified atom stereocenters. The van der Waals surface area contributed by atoms with Crippen molar-refractivity contribution < 1.29 is 19.5 Å². The van der Waals surface area contributed by atoms with E-state index in [-0.39, 0.29) is 35.5 Å². The number of aliphatic hydroxyl groups excluding tert-OH is 1. The molecule has 1 spiro atoms. The van der Waals surface area contributed by atoms with Gasteiger partial charge in [-0.05, 0) is 61.1 Å². The SMILES string of the molecule is Cc1ccc(C)c(NC(=O)C2N([C@H](CO)c3ccccc3)C(=O)[C@@H]3[C@@H](C(=O)Nc4ccccc4)[C@H]4CC(C)C23S4)c1. The lowest BCUT2D eigenvalue weighted by atomic mass is 9.65. The first-order valence-electron chi connectivity index (χ1n) is 14.2. The van der Waals surface area contributed by atoms with Crippen molar-refractivity contribution in [3.05, 3.63) is 95.6 Å². The van der Waals surface area contributed by atoms with Crippen LogP contribution in [-0.4, -0.2) is 50.4 Å². The van der Waals surface area contributed by atoms with Crippen molar-refractivity contribution in [2.75, 3.05) is 17.2 Å². The van der Waals surface area contributed by atoms with E-state index in [9.17, 15) is 19.5 Å². The van der Waals surface area contributed by atoms with Crippen molar-refractivity contribution in [2.24, 2.45) is 17.8 Å².